The number of pyridine rings is 2. The number of aromatic nitrogens is 2. The van der Waals surface area contributed by atoms with Crippen molar-refractivity contribution in [2.45, 2.75) is 19.8 Å². The zero-order chi connectivity index (χ0) is 13.8. The number of methoxy groups -OCH3 is 1. The van der Waals surface area contributed by atoms with E-state index < -0.39 is 0 Å². The van der Waals surface area contributed by atoms with Gasteiger partial charge in [0.15, 0.2) is 0 Å². The van der Waals surface area contributed by atoms with Crippen LogP contribution >= 0.6 is 0 Å². The minimum atomic E-state index is -0.384. The molecule has 5 heteroatoms. The van der Waals surface area contributed by atoms with Crippen molar-refractivity contribution in [2.24, 2.45) is 0 Å². The largest absolute Gasteiger partial charge is 0.481 e. The molecule has 0 aliphatic rings. The van der Waals surface area contributed by atoms with E-state index in [1.807, 2.05) is 6.07 Å². The van der Waals surface area contributed by atoms with Crippen molar-refractivity contribution < 1.29 is 14.3 Å². The van der Waals surface area contributed by atoms with Gasteiger partial charge in [0, 0.05) is 12.3 Å². The zero-order valence-corrected chi connectivity index (χ0v) is 11.2. The van der Waals surface area contributed by atoms with Crippen LogP contribution in [-0.4, -0.2) is 29.7 Å². The molecule has 1 atom stereocenters. The van der Waals surface area contributed by atoms with Gasteiger partial charge in [-0.15, -0.1) is 0 Å². The van der Waals surface area contributed by atoms with Gasteiger partial charge in [0.05, 0.1) is 30.7 Å². The molecule has 0 aromatic carbocycles. The van der Waals surface area contributed by atoms with Gasteiger partial charge in [-0.1, -0.05) is 0 Å². The van der Waals surface area contributed by atoms with Crippen LogP contribution in [0.15, 0.2) is 24.4 Å². The molecule has 1 unspecified atom stereocenters. The van der Waals surface area contributed by atoms with E-state index in [4.69, 9.17) is 9.47 Å². The van der Waals surface area contributed by atoms with Crippen molar-refractivity contribution in [1.29, 1.82) is 0 Å². The Morgan fingerprint density at radius 3 is 2.84 bits per heavy atom. The highest BCUT2D eigenvalue weighted by Crippen LogP contribution is 2.25. The van der Waals surface area contributed by atoms with Crippen molar-refractivity contribution in [2.75, 3.05) is 13.7 Å². The van der Waals surface area contributed by atoms with Crippen LogP contribution in [0.1, 0.15) is 25.3 Å². The predicted molar refractivity (Wildman–Crippen MR) is 71.1 cm³/mol. The van der Waals surface area contributed by atoms with E-state index >= 15 is 0 Å². The van der Waals surface area contributed by atoms with Crippen LogP contribution in [0.3, 0.4) is 0 Å². The molecule has 0 saturated carbocycles. The number of nitrogens with zero attached hydrogens (tertiary/aromatic N) is 2. The number of hydrogen-bond acceptors (Lipinski definition) is 5. The monoisotopic (exact) mass is 260 g/mol. The van der Waals surface area contributed by atoms with Crippen LogP contribution in [-0.2, 0) is 9.53 Å². The molecule has 0 amide bonds. The molecule has 0 N–H and O–H groups in total. The fourth-order valence-electron chi connectivity index (χ4n) is 1.88. The van der Waals surface area contributed by atoms with Crippen molar-refractivity contribution in [3.63, 3.8) is 0 Å². The van der Waals surface area contributed by atoms with Crippen LogP contribution in [0, 0.1) is 0 Å². The lowest BCUT2D eigenvalue weighted by molar-refractivity contribution is -0.144. The summed E-state index contributed by atoms with van der Waals surface area (Å²) in [5, 5.41) is 0. The molecule has 19 heavy (non-hydrogen) atoms. The summed E-state index contributed by atoms with van der Waals surface area (Å²) >= 11 is 0. The summed E-state index contributed by atoms with van der Waals surface area (Å²) in [5.41, 5.74) is 2.19. The molecule has 0 saturated heterocycles. The summed E-state index contributed by atoms with van der Waals surface area (Å²) in [5.74, 6) is -0.150. The molecule has 0 aliphatic carbocycles. The summed E-state index contributed by atoms with van der Waals surface area (Å²) in [7, 11) is 1.55. The lowest BCUT2D eigenvalue weighted by Gasteiger charge is -2.12. The molecule has 5 nitrogen and oxygen atoms in total. The normalized spacial score (nSPS) is 12.2. The molecule has 0 fully saturated rings. The molecule has 0 aliphatic heterocycles. The maximum atomic E-state index is 11.8. The summed E-state index contributed by atoms with van der Waals surface area (Å²) < 4.78 is 10.2. The SMILES string of the molecule is CCOC(=O)C(C)c1ccnc2ccc(OC)nc12. The summed E-state index contributed by atoms with van der Waals surface area (Å²) in [6, 6.07) is 5.35. The van der Waals surface area contributed by atoms with E-state index in [1.54, 1.807) is 39.3 Å². The first kappa shape index (κ1) is 13.3. The summed E-state index contributed by atoms with van der Waals surface area (Å²) in [6.07, 6.45) is 1.67. The fourth-order valence-corrected chi connectivity index (χ4v) is 1.88. The average molecular weight is 260 g/mol. The maximum Gasteiger partial charge on any atom is 0.313 e. The summed E-state index contributed by atoms with van der Waals surface area (Å²) in [6.45, 7) is 3.95. The van der Waals surface area contributed by atoms with Crippen molar-refractivity contribution in [1.82, 2.24) is 9.97 Å². The quantitative estimate of drug-likeness (QED) is 0.789. The molecular weight excluding hydrogens is 244 g/mol. The molecule has 100 valence electrons. The standard InChI is InChI=1S/C14H16N2O3/c1-4-19-14(17)9(2)10-7-8-15-11-5-6-12(18-3)16-13(10)11/h5-9H,4H2,1-3H3. The molecule has 0 bridgehead atoms. The van der Waals surface area contributed by atoms with E-state index in [0.717, 1.165) is 11.1 Å². The van der Waals surface area contributed by atoms with Crippen molar-refractivity contribution in [3.05, 3.63) is 30.0 Å². The number of fused-ring (bicyclic) bond motifs is 1. The number of esters is 1. The first-order chi connectivity index (χ1) is 9.17. The third-order valence-electron chi connectivity index (χ3n) is 2.91. The highest BCUT2D eigenvalue weighted by atomic mass is 16.5. The van der Waals surface area contributed by atoms with Crippen LogP contribution in [0.4, 0.5) is 0 Å². The molecule has 0 radical (unpaired) electrons. The first-order valence-electron chi connectivity index (χ1n) is 6.13. The number of rotatable bonds is 4. The second-order valence-corrected chi connectivity index (χ2v) is 4.10. The van der Waals surface area contributed by atoms with E-state index in [0.29, 0.717) is 18.0 Å². The van der Waals surface area contributed by atoms with Gasteiger partial charge in [-0.2, -0.15) is 0 Å². The van der Waals surface area contributed by atoms with Gasteiger partial charge < -0.3 is 9.47 Å². The van der Waals surface area contributed by atoms with Gasteiger partial charge in [-0.25, -0.2) is 4.98 Å². The Hall–Kier alpha value is -2.17. The maximum absolute atomic E-state index is 11.8. The molecule has 2 aromatic heterocycles. The lowest BCUT2D eigenvalue weighted by atomic mass is 10.0. The molecule has 2 heterocycles. The minimum Gasteiger partial charge on any atom is -0.481 e. The first-order valence-corrected chi connectivity index (χ1v) is 6.13. The average Bonchev–Trinajstić information content (AvgIpc) is 2.45. The molecule has 2 aromatic rings. The van der Waals surface area contributed by atoms with Crippen LogP contribution in [0.25, 0.3) is 11.0 Å². The number of carbonyl (C=O) groups is 1. The van der Waals surface area contributed by atoms with E-state index in [-0.39, 0.29) is 11.9 Å². The Bertz CT molecular complexity index is 598. The van der Waals surface area contributed by atoms with Gasteiger partial charge in [0.25, 0.3) is 0 Å². The molecular formula is C14H16N2O3. The molecule has 0 spiro atoms. The predicted octanol–water partition coefficient (Wildman–Crippen LogP) is 2.31. The van der Waals surface area contributed by atoms with Gasteiger partial charge in [0.2, 0.25) is 5.88 Å². The second kappa shape index (κ2) is 5.65. The van der Waals surface area contributed by atoms with Crippen molar-refractivity contribution >= 4 is 17.0 Å². The highest BCUT2D eigenvalue weighted by Gasteiger charge is 2.20. The Morgan fingerprint density at radius 2 is 2.16 bits per heavy atom. The fraction of sp³-hybridized carbons (Fsp3) is 0.357. The van der Waals surface area contributed by atoms with Gasteiger partial charge in [-0.3, -0.25) is 9.78 Å². The minimum absolute atomic E-state index is 0.264. The number of ether oxygens (including phenoxy) is 2. The van der Waals surface area contributed by atoms with Gasteiger partial charge >= 0.3 is 5.97 Å². The molecule has 2 rings (SSSR count). The number of carbonyl (C=O) groups excluding carboxylic acids is 1. The van der Waals surface area contributed by atoms with Gasteiger partial charge in [0.1, 0.15) is 0 Å². The number of hydrogen-bond donors (Lipinski definition) is 0. The van der Waals surface area contributed by atoms with Crippen LogP contribution < -0.4 is 4.74 Å². The topological polar surface area (TPSA) is 61.3 Å². The smallest absolute Gasteiger partial charge is 0.313 e. The summed E-state index contributed by atoms with van der Waals surface area (Å²) in [4.78, 5) is 20.4. The van der Waals surface area contributed by atoms with E-state index in [1.165, 1.54) is 0 Å². The van der Waals surface area contributed by atoms with Crippen LogP contribution in [0.5, 0.6) is 5.88 Å². The van der Waals surface area contributed by atoms with E-state index in [2.05, 4.69) is 9.97 Å². The van der Waals surface area contributed by atoms with Crippen molar-refractivity contribution in [3.8, 4) is 5.88 Å². The zero-order valence-electron chi connectivity index (χ0n) is 11.2. The Balaban J connectivity index is 2.50. The Labute approximate surface area is 111 Å². The lowest BCUT2D eigenvalue weighted by Crippen LogP contribution is -2.13. The highest BCUT2D eigenvalue weighted by molar-refractivity contribution is 5.86. The Kier molecular flexibility index (Phi) is 3.94. The van der Waals surface area contributed by atoms with Crippen LogP contribution in [0.2, 0.25) is 0 Å². The second-order valence-electron chi connectivity index (χ2n) is 4.10. The Morgan fingerprint density at radius 1 is 1.37 bits per heavy atom. The third kappa shape index (κ3) is 2.65. The van der Waals surface area contributed by atoms with E-state index in [9.17, 15) is 4.79 Å². The van der Waals surface area contributed by atoms with Gasteiger partial charge in [-0.05, 0) is 31.5 Å². The third-order valence-corrected chi connectivity index (χ3v) is 2.91.